The van der Waals surface area contributed by atoms with Gasteiger partial charge in [0.15, 0.2) is 0 Å². The number of ether oxygens (including phenoxy) is 1. The first-order valence-corrected chi connectivity index (χ1v) is 13.3. The Morgan fingerprint density at radius 1 is 1.03 bits per heavy atom. The molecule has 0 saturated carbocycles. The molecule has 1 unspecified atom stereocenters. The molecule has 4 aromatic rings. The van der Waals surface area contributed by atoms with Crippen LogP contribution in [0.4, 0.5) is 4.39 Å². The number of nitrogens with zero attached hydrogens (tertiary/aromatic N) is 1. The van der Waals surface area contributed by atoms with Gasteiger partial charge in [0.05, 0.1) is 18.2 Å². The zero-order valence-corrected chi connectivity index (χ0v) is 21.7. The van der Waals surface area contributed by atoms with E-state index in [-0.39, 0.29) is 5.82 Å². The van der Waals surface area contributed by atoms with E-state index in [4.69, 9.17) is 4.74 Å². The van der Waals surface area contributed by atoms with Crippen LogP contribution in [0.1, 0.15) is 53.5 Å². The Bertz CT molecular complexity index is 1390. The molecular weight excluding hydrogens is 517 g/mol. The molecular formula is C30H29BrFN3O. The zero-order chi connectivity index (χ0) is 25.0. The van der Waals surface area contributed by atoms with E-state index in [1.54, 1.807) is 0 Å². The summed E-state index contributed by atoms with van der Waals surface area (Å²) in [6, 6.07) is 21.0. The first-order valence-electron chi connectivity index (χ1n) is 12.5. The number of nitrogens with one attached hydrogen (secondary N) is 2. The van der Waals surface area contributed by atoms with Crippen molar-refractivity contribution in [3.63, 3.8) is 0 Å². The average molecular weight is 546 g/mol. The molecule has 3 aromatic carbocycles. The number of hydrogen-bond donors (Lipinski definition) is 2. The van der Waals surface area contributed by atoms with E-state index < -0.39 is 5.60 Å². The number of halogens is 2. The van der Waals surface area contributed by atoms with Crippen LogP contribution in [0.25, 0.3) is 10.9 Å². The molecule has 0 amide bonds. The van der Waals surface area contributed by atoms with Crippen molar-refractivity contribution in [2.75, 3.05) is 13.1 Å². The van der Waals surface area contributed by atoms with Gasteiger partial charge in [-0.25, -0.2) is 4.39 Å². The number of benzene rings is 3. The van der Waals surface area contributed by atoms with Crippen LogP contribution in [0, 0.1) is 17.1 Å². The summed E-state index contributed by atoms with van der Waals surface area (Å²) >= 11 is 3.57. The Balaban J connectivity index is 1.15. The minimum absolute atomic E-state index is 0.253. The van der Waals surface area contributed by atoms with Crippen LogP contribution in [0.15, 0.2) is 71.3 Å². The van der Waals surface area contributed by atoms with E-state index >= 15 is 0 Å². The lowest BCUT2D eigenvalue weighted by Gasteiger charge is -2.30. The zero-order valence-electron chi connectivity index (χ0n) is 20.1. The van der Waals surface area contributed by atoms with E-state index in [1.165, 1.54) is 28.6 Å². The van der Waals surface area contributed by atoms with Crippen molar-refractivity contribution in [2.24, 2.45) is 0 Å². The lowest BCUT2D eigenvalue weighted by molar-refractivity contribution is -0.0133. The normalized spacial score (nSPS) is 16.8. The Morgan fingerprint density at radius 3 is 2.69 bits per heavy atom. The molecule has 2 heterocycles. The van der Waals surface area contributed by atoms with Crippen LogP contribution >= 0.6 is 15.9 Å². The number of unbranched alkanes of at least 4 members (excludes halogenated alkanes) is 1. The van der Waals surface area contributed by atoms with E-state index in [1.807, 2.05) is 30.3 Å². The van der Waals surface area contributed by atoms with Crippen molar-refractivity contribution < 1.29 is 9.13 Å². The molecule has 184 valence electrons. The molecule has 5 rings (SSSR count). The monoisotopic (exact) mass is 545 g/mol. The van der Waals surface area contributed by atoms with Gasteiger partial charge in [0, 0.05) is 21.6 Å². The second kappa shape index (κ2) is 11.0. The Morgan fingerprint density at radius 2 is 1.86 bits per heavy atom. The third-order valence-electron chi connectivity index (χ3n) is 7.12. The number of H-pyrrole nitrogens is 1. The third kappa shape index (κ3) is 5.10. The molecule has 0 saturated heterocycles. The molecule has 6 heteroatoms. The van der Waals surface area contributed by atoms with Gasteiger partial charge in [-0.2, -0.15) is 5.26 Å². The Labute approximate surface area is 219 Å². The highest BCUT2D eigenvalue weighted by Crippen LogP contribution is 2.45. The van der Waals surface area contributed by atoms with Gasteiger partial charge in [0.1, 0.15) is 11.4 Å². The highest BCUT2D eigenvalue weighted by atomic mass is 79.9. The largest absolute Gasteiger partial charge is 0.361 e. The predicted molar refractivity (Wildman–Crippen MR) is 144 cm³/mol. The number of aromatic nitrogens is 1. The van der Waals surface area contributed by atoms with E-state index in [0.29, 0.717) is 12.2 Å². The van der Waals surface area contributed by atoms with Crippen molar-refractivity contribution in [1.82, 2.24) is 10.3 Å². The molecule has 0 aliphatic carbocycles. The predicted octanol–water partition coefficient (Wildman–Crippen LogP) is 7.11. The summed E-state index contributed by atoms with van der Waals surface area (Å²) in [7, 11) is 0. The molecule has 1 aliphatic rings. The van der Waals surface area contributed by atoms with Gasteiger partial charge in [0.25, 0.3) is 0 Å². The standard InChI is InChI=1S/C30H29BrFN3O/c31-25-8-12-29-27(17-25)22(19-35-29)4-3-15-34-14-2-1-13-30(24-6-9-26(32)10-7-24)28-11-5-21(18-33)16-23(28)20-36-30/h5-12,16-17,19,34-35H,1-4,13-15,20H2. The van der Waals surface area contributed by atoms with Crippen LogP contribution in [-0.2, 0) is 23.4 Å². The summed E-state index contributed by atoms with van der Waals surface area (Å²) in [5, 5.41) is 14.1. The quantitative estimate of drug-likeness (QED) is 0.209. The van der Waals surface area contributed by atoms with E-state index in [9.17, 15) is 9.65 Å². The van der Waals surface area contributed by atoms with Gasteiger partial charge in [0.2, 0.25) is 0 Å². The highest BCUT2D eigenvalue weighted by Gasteiger charge is 2.41. The van der Waals surface area contributed by atoms with Crippen molar-refractivity contribution in [2.45, 2.75) is 44.3 Å². The molecule has 2 N–H and O–H groups in total. The minimum atomic E-state index is -0.597. The van der Waals surface area contributed by atoms with Crippen molar-refractivity contribution in [1.29, 1.82) is 5.26 Å². The van der Waals surface area contributed by atoms with E-state index in [2.05, 4.69) is 56.7 Å². The van der Waals surface area contributed by atoms with Crippen LogP contribution in [0.2, 0.25) is 0 Å². The molecule has 0 fully saturated rings. The van der Waals surface area contributed by atoms with Gasteiger partial charge in [-0.1, -0.05) is 34.1 Å². The number of nitriles is 1. The maximum absolute atomic E-state index is 13.6. The highest BCUT2D eigenvalue weighted by molar-refractivity contribution is 9.10. The molecule has 36 heavy (non-hydrogen) atoms. The lowest BCUT2D eigenvalue weighted by atomic mass is 9.81. The maximum atomic E-state index is 13.6. The topological polar surface area (TPSA) is 60.8 Å². The molecule has 4 nitrogen and oxygen atoms in total. The fourth-order valence-corrected chi connectivity index (χ4v) is 5.64. The van der Waals surface area contributed by atoms with Crippen LogP contribution in [0.3, 0.4) is 0 Å². The SMILES string of the molecule is N#Cc1ccc2c(c1)COC2(CCCCNCCCc1c[nH]c2ccc(Br)cc12)c1ccc(F)cc1. The van der Waals surface area contributed by atoms with Gasteiger partial charge in [-0.15, -0.1) is 0 Å². The summed E-state index contributed by atoms with van der Waals surface area (Å²) < 4.78 is 21.2. The van der Waals surface area contributed by atoms with Crippen molar-refractivity contribution >= 4 is 26.8 Å². The molecule has 1 aromatic heterocycles. The van der Waals surface area contributed by atoms with Crippen LogP contribution < -0.4 is 5.32 Å². The molecule has 0 bridgehead atoms. The average Bonchev–Trinajstić information content (AvgIpc) is 3.47. The van der Waals surface area contributed by atoms with Gasteiger partial charge < -0.3 is 15.0 Å². The minimum Gasteiger partial charge on any atom is -0.361 e. The molecule has 0 radical (unpaired) electrons. The summed E-state index contributed by atoms with van der Waals surface area (Å²) in [6.45, 7) is 2.38. The Kier molecular flexibility index (Phi) is 7.52. The molecule has 1 aliphatic heterocycles. The Hall–Kier alpha value is -2.98. The van der Waals surface area contributed by atoms with Crippen LogP contribution in [0.5, 0.6) is 0 Å². The second-order valence-corrected chi connectivity index (χ2v) is 10.3. The number of fused-ring (bicyclic) bond motifs is 2. The third-order valence-corrected chi connectivity index (χ3v) is 7.61. The van der Waals surface area contributed by atoms with E-state index in [0.717, 1.165) is 66.4 Å². The van der Waals surface area contributed by atoms with Crippen molar-refractivity contribution in [3.05, 3.63) is 105 Å². The summed E-state index contributed by atoms with van der Waals surface area (Å²) in [5.41, 5.74) is 5.66. The number of aryl methyl sites for hydroxylation is 1. The first kappa shape index (κ1) is 24.7. The summed E-state index contributed by atoms with van der Waals surface area (Å²) in [4.78, 5) is 3.35. The lowest BCUT2D eigenvalue weighted by Crippen LogP contribution is -2.27. The number of rotatable bonds is 10. The fraction of sp³-hybridized carbons (Fsp3) is 0.300. The smallest absolute Gasteiger partial charge is 0.123 e. The molecule has 0 spiro atoms. The van der Waals surface area contributed by atoms with Gasteiger partial charge in [-0.3, -0.25) is 0 Å². The summed E-state index contributed by atoms with van der Waals surface area (Å²) in [6.07, 6.45) is 7.04. The second-order valence-electron chi connectivity index (χ2n) is 9.42. The van der Waals surface area contributed by atoms with Crippen LogP contribution in [-0.4, -0.2) is 18.1 Å². The number of hydrogen-bond acceptors (Lipinski definition) is 3. The van der Waals surface area contributed by atoms with Crippen molar-refractivity contribution in [3.8, 4) is 6.07 Å². The number of aromatic amines is 1. The summed E-state index contributed by atoms with van der Waals surface area (Å²) in [5.74, 6) is -0.253. The van der Waals surface area contributed by atoms with Gasteiger partial charge >= 0.3 is 0 Å². The first-order chi connectivity index (χ1) is 17.6. The maximum Gasteiger partial charge on any atom is 0.123 e. The molecule has 1 atom stereocenters. The van der Waals surface area contributed by atoms with Gasteiger partial charge in [-0.05, 0) is 110 Å². The fourth-order valence-electron chi connectivity index (χ4n) is 5.27.